The molecule has 0 aliphatic carbocycles. The van der Waals surface area contributed by atoms with Crippen molar-refractivity contribution >= 4 is 17.6 Å². The maximum absolute atomic E-state index is 10.7. The molecule has 0 fully saturated rings. The van der Waals surface area contributed by atoms with Crippen LogP contribution in [0.2, 0.25) is 0 Å². The monoisotopic (exact) mass is 390 g/mol. The van der Waals surface area contributed by atoms with Gasteiger partial charge in [-0.1, -0.05) is 19.1 Å². The quantitative estimate of drug-likeness (QED) is 0.289. The predicted molar refractivity (Wildman–Crippen MR) is 113 cm³/mol. The van der Waals surface area contributed by atoms with E-state index in [2.05, 4.69) is 24.0 Å². The summed E-state index contributed by atoms with van der Waals surface area (Å²) in [6.45, 7) is 2.40. The standard InChI is InChI=1S/C23H22N2O4/c1-3-17-4-9-20(10-5-17)24-15-19-8-13-22(23(14-19)28-2)29-16-18-6-11-21(12-7-18)25(26)27/h4-15H,3,16H2,1-2H3. The summed E-state index contributed by atoms with van der Waals surface area (Å²) < 4.78 is 11.2. The average Bonchev–Trinajstić information content (AvgIpc) is 2.77. The third-order valence-corrected chi connectivity index (χ3v) is 4.44. The third-order valence-electron chi connectivity index (χ3n) is 4.44. The number of aliphatic imine (C=N–C) groups is 1. The summed E-state index contributed by atoms with van der Waals surface area (Å²) in [7, 11) is 1.58. The number of ether oxygens (including phenoxy) is 2. The summed E-state index contributed by atoms with van der Waals surface area (Å²) in [5.41, 5.74) is 3.95. The Morgan fingerprint density at radius 2 is 1.66 bits per heavy atom. The highest BCUT2D eigenvalue weighted by Gasteiger charge is 2.08. The number of rotatable bonds is 8. The van der Waals surface area contributed by atoms with Gasteiger partial charge in [-0.15, -0.1) is 0 Å². The van der Waals surface area contributed by atoms with Crippen LogP contribution in [0.3, 0.4) is 0 Å². The Labute approximate surface area is 169 Å². The largest absolute Gasteiger partial charge is 0.493 e. The molecule has 3 aromatic rings. The van der Waals surface area contributed by atoms with Crippen molar-refractivity contribution < 1.29 is 14.4 Å². The van der Waals surface area contributed by atoms with E-state index in [1.54, 1.807) is 25.5 Å². The van der Waals surface area contributed by atoms with Crippen LogP contribution >= 0.6 is 0 Å². The lowest BCUT2D eigenvalue weighted by molar-refractivity contribution is -0.384. The third kappa shape index (κ3) is 5.42. The summed E-state index contributed by atoms with van der Waals surface area (Å²) >= 11 is 0. The molecule has 6 heteroatoms. The number of nitro groups is 1. The van der Waals surface area contributed by atoms with Crippen LogP contribution in [0, 0.1) is 10.1 Å². The molecule has 0 spiro atoms. The van der Waals surface area contributed by atoms with Crippen LogP contribution in [0.1, 0.15) is 23.6 Å². The van der Waals surface area contributed by atoms with E-state index in [4.69, 9.17) is 9.47 Å². The molecule has 6 nitrogen and oxygen atoms in total. The molecule has 0 aromatic heterocycles. The SMILES string of the molecule is CCc1ccc(N=Cc2ccc(OCc3ccc([N+](=O)[O-])cc3)c(OC)c2)cc1. The van der Waals surface area contributed by atoms with Crippen LogP contribution in [0.25, 0.3) is 0 Å². The lowest BCUT2D eigenvalue weighted by atomic mass is 10.1. The van der Waals surface area contributed by atoms with Crippen molar-refractivity contribution in [3.8, 4) is 11.5 Å². The fourth-order valence-corrected chi connectivity index (χ4v) is 2.73. The minimum absolute atomic E-state index is 0.0549. The van der Waals surface area contributed by atoms with Gasteiger partial charge in [-0.2, -0.15) is 0 Å². The first-order valence-corrected chi connectivity index (χ1v) is 9.26. The number of aryl methyl sites for hydroxylation is 1. The van der Waals surface area contributed by atoms with Crippen molar-refractivity contribution in [2.75, 3.05) is 7.11 Å². The van der Waals surface area contributed by atoms with Crippen LogP contribution in [0.15, 0.2) is 71.7 Å². The molecule has 0 bridgehead atoms. The number of nitro benzene ring substituents is 1. The van der Waals surface area contributed by atoms with Crippen LogP contribution in [0.4, 0.5) is 11.4 Å². The van der Waals surface area contributed by atoms with Gasteiger partial charge in [-0.05, 0) is 65.6 Å². The molecule has 0 unspecified atom stereocenters. The highest BCUT2D eigenvalue weighted by atomic mass is 16.6. The Kier molecular flexibility index (Phi) is 6.58. The maximum Gasteiger partial charge on any atom is 0.269 e. The fraction of sp³-hybridized carbons (Fsp3) is 0.174. The molecular weight excluding hydrogens is 368 g/mol. The Morgan fingerprint density at radius 3 is 2.28 bits per heavy atom. The zero-order valence-electron chi connectivity index (χ0n) is 16.4. The van der Waals surface area contributed by atoms with E-state index in [-0.39, 0.29) is 12.3 Å². The molecule has 0 aliphatic rings. The van der Waals surface area contributed by atoms with Gasteiger partial charge in [-0.3, -0.25) is 15.1 Å². The summed E-state index contributed by atoms with van der Waals surface area (Å²) in [4.78, 5) is 14.8. The van der Waals surface area contributed by atoms with Crippen molar-refractivity contribution in [1.29, 1.82) is 0 Å². The molecule has 0 amide bonds. The molecule has 0 N–H and O–H groups in total. The van der Waals surface area contributed by atoms with Gasteiger partial charge in [0.1, 0.15) is 6.61 Å². The fourth-order valence-electron chi connectivity index (χ4n) is 2.73. The van der Waals surface area contributed by atoms with Gasteiger partial charge in [-0.25, -0.2) is 0 Å². The number of nitrogens with zero attached hydrogens (tertiary/aromatic N) is 2. The number of hydrogen-bond donors (Lipinski definition) is 0. The molecular formula is C23H22N2O4. The molecule has 148 valence electrons. The van der Waals surface area contributed by atoms with Crippen molar-refractivity contribution in [1.82, 2.24) is 0 Å². The highest BCUT2D eigenvalue weighted by molar-refractivity contribution is 5.83. The minimum atomic E-state index is -0.424. The van der Waals surface area contributed by atoms with E-state index in [0.717, 1.165) is 23.2 Å². The van der Waals surface area contributed by atoms with Crippen LogP contribution in [0.5, 0.6) is 11.5 Å². The second-order valence-corrected chi connectivity index (χ2v) is 6.40. The molecule has 3 rings (SSSR count). The summed E-state index contributed by atoms with van der Waals surface area (Å²) in [6, 6.07) is 20.0. The Balaban J connectivity index is 1.67. The molecule has 0 saturated carbocycles. The zero-order valence-corrected chi connectivity index (χ0v) is 16.4. The first-order valence-electron chi connectivity index (χ1n) is 9.26. The molecule has 0 saturated heterocycles. The Morgan fingerprint density at radius 1 is 0.966 bits per heavy atom. The normalized spacial score (nSPS) is 10.8. The Hall–Kier alpha value is -3.67. The molecule has 0 heterocycles. The van der Waals surface area contributed by atoms with E-state index < -0.39 is 4.92 Å². The topological polar surface area (TPSA) is 74.0 Å². The van der Waals surface area contributed by atoms with E-state index in [1.807, 2.05) is 30.3 Å². The molecule has 0 aliphatic heterocycles. The number of hydrogen-bond acceptors (Lipinski definition) is 5. The van der Waals surface area contributed by atoms with E-state index in [1.165, 1.54) is 17.7 Å². The minimum Gasteiger partial charge on any atom is -0.493 e. The molecule has 0 atom stereocenters. The first kappa shape index (κ1) is 20.1. The molecule has 29 heavy (non-hydrogen) atoms. The second-order valence-electron chi connectivity index (χ2n) is 6.40. The van der Waals surface area contributed by atoms with Crippen LogP contribution < -0.4 is 9.47 Å². The van der Waals surface area contributed by atoms with Crippen molar-refractivity contribution in [3.05, 3.63) is 93.5 Å². The lowest BCUT2D eigenvalue weighted by Crippen LogP contribution is -1.99. The Bertz CT molecular complexity index is 996. The summed E-state index contributed by atoms with van der Waals surface area (Å²) in [5.74, 6) is 1.19. The summed E-state index contributed by atoms with van der Waals surface area (Å²) in [5, 5.41) is 10.7. The second kappa shape index (κ2) is 9.50. The van der Waals surface area contributed by atoms with E-state index in [9.17, 15) is 10.1 Å². The van der Waals surface area contributed by atoms with E-state index >= 15 is 0 Å². The smallest absolute Gasteiger partial charge is 0.269 e. The predicted octanol–water partition coefficient (Wildman–Crippen LogP) is 5.50. The first-order chi connectivity index (χ1) is 14.1. The number of methoxy groups -OCH3 is 1. The van der Waals surface area contributed by atoms with Gasteiger partial charge in [0, 0.05) is 18.3 Å². The molecule has 0 radical (unpaired) electrons. The highest BCUT2D eigenvalue weighted by Crippen LogP contribution is 2.29. The average molecular weight is 390 g/mol. The van der Waals surface area contributed by atoms with Crippen molar-refractivity contribution in [3.63, 3.8) is 0 Å². The maximum atomic E-state index is 10.7. The van der Waals surface area contributed by atoms with Gasteiger partial charge in [0.2, 0.25) is 0 Å². The molecule has 3 aromatic carbocycles. The van der Waals surface area contributed by atoms with Gasteiger partial charge in [0.25, 0.3) is 5.69 Å². The van der Waals surface area contributed by atoms with Crippen LogP contribution in [-0.2, 0) is 13.0 Å². The lowest BCUT2D eigenvalue weighted by Gasteiger charge is -2.11. The number of non-ortho nitro benzene ring substituents is 1. The summed E-state index contributed by atoms with van der Waals surface area (Å²) in [6.07, 6.45) is 2.78. The van der Waals surface area contributed by atoms with Gasteiger partial charge >= 0.3 is 0 Å². The van der Waals surface area contributed by atoms with Crippen LogP contribution in [-0.4, -0.2) is 18.2 Å². The van der Waals surface area contributed by atoms with Gasteiger partial charge in [0.05, 0.1) is 17.7 Å². The van der Waals surface area contributed by atoms with Crippen molar-refractivity contribution in [2.24, 2.45) is 4.99 Å². The van der Waals surface area contributed by atoms with E-state index in [0.29, 0.717) is 11.5 Å². The van der Waals surface area contributed by atoms with Crippen molar-refractivity contribution in [2.45, 2.75) is 20.0 Å². The van der Waals surface area contributed by atoms with Gasteiger partial charge < -0.3 is 9.47 Å². The van der Waals surface area contributed by atoms with Gasteiger partial charge in [0.15, 0.2) is 11.5 Å². The zero-order chi connectivity index (χ0) is 20.6. The number of benzene rings is 3.